The van der Waals surface area contributed by atoms with Crippen LogP contribution in [0.5, 0.6) is 0 Å². The minimum Gasteiger partial charge on any atom is -0.393 e. The van der Waals surface area contributed by atoms with Gasteiger partial charge in [0.25, 0.3) is 0 Å². The number of carbonyl (C=O) groups is 1. The molecule has 0 radical (unpaired) electrons. The van der Waals surface area contributed by atoms with Gasteiger partial charge >= 0.3 is 6.03 Å². The number of nitrogens with one attached hydrogen (secondary N) is 1. The lowest BCUT2D eigenvalue weighted by atomic mass is 10.00. The molecule has 5 heteroatoms. The van der Waals surface area contributed by atoms with Crippen molar-refractivity contribution in [1.82, 2.24) is 10.2 Å². The molecule has 3 fully saturated rings. The number of amides is 2. The molecule has 3 heterocycles. The van der Waals surface area contributed by atoms with Crippen molar-refractivity contribution in [3.8, 4) is 11.1 Å². The van der Waals surface area contributed by atoms with Gasteiger partial charge in [0.2, 0.25) is 0 Å². The molecule has 5 rings (SSSR count). The highest BCUT2D eigenvalue weighted by atomic mass is 16.3. The zero-order valence-electron chi connectivity index (χ0n) is 17.4. The first kappa shape index (κ1) is 19.4. The number of benzene rings is 2. The van der Waals surface area contributed by atoms with Crippen LogP contribution in [0, 0.1) is 0 Å². The van der Waals surface area contributed by atoms with E-state index in [0.29, 0.717) is 0 Å². The summed E-state index contributed by atoms with van der Waals surface area (Å²) in [5.74, 6) is 0. The highest BCUT2D eigenvalue weighted by molar-refractivity contribution is 5.76. The number of anilines is 1. The van der Waals surface area contributed by atoms with E-state index in [9.17, 15) is 9.90 Å². The molecule has 5 nitrogen and oxygen atoms in total. The second kappa shape index (κ2) is 8.31. The first-order valence-corrected chi connectivity index (χ1v) is 11.3. The molecular weight excluding hydrogens is 374 g/mol. The predicted molar refractivity (Wildman–Crippen MR) is 120 cm³/mol. The molecule has 0 aliphatic carbocycles. The third kappa shape index (κ3) is 3.91. The van der Waals surface area contributed by atoms with E-state index in [2.05, 4.69) is 58.7 Å². The highest BCUT2D eigenvalue weighted by Crippen LogP contribution is 2.36. The van der Waals surface area contributed by atoms with E-state index in [0.717, 1.165) is 51.6 Å². The van der Waals surface area contributed by atoms with Crippen LogP contribution in [0.3, 0.4) is 0 Å². The van der Waals surface area contributed by atoms with Crippen molar-refractivity contribution in [3.63, 3.8) is 0 Å². The SMILES string of the molecule is O=C(N[C@H]1CCCN(c2ccc(-c3ccccc3)cc2)C1)N1[C@@H]2CC[C@H]1C[C@@H](O)C2. The van der Waals surface area contributed by atoms with Crippen LogP contribution in [-0.2, 0) is 0 Å². The monoisotopic (exact) mass is 405 g/mol. The van der Waals surface area contributed by atoms with Crippen molar-refractivity contribution in [2.45, 2.75) is 62.8 Å². The average Bonchev–Trinajstić information content (AvgIpc) is 3.06. The maximum atomic E-state index is 13.0. The van der Waals surface area contributed by atoms with E-state index in [4.69, 9.17) is 0 Å². The van der Waals surface area contributed by atoms with E-state index in [1.165, 1.54) is 16.8 Å². The lowest BCUT2D eigenvalue weighted by Gasteiger charge is -2.40. The number of hydrogen-bond acceptors (Lipinski definition) is 3. The van der Waals surface area contributed by atoms with Crippen LogP contribution in [0.4, 0.5) is 10.5 Å². The van der Waals surface area contributed by atoms with Gasteiger partial charge in [0.1, 0.15) is 0 Å². The Labute approximate surface area is 178 Å². The molecule has 0 spiro atoms. The van der Waals surface area contributed by atoms with Gasteiger partial charge in [-0.3, -0.25) is 0 Å². The van der Waals surface area contributed by atoms with Crippen LogP contribution in [0.2, 0.25) is 0 Å². The average molecular weight is 406 g/mol. The van der Waals surface area contributed by atoms with Crippen molar-refractivity contribution >= 4 is 11.7 Å². The van der Waals surface area contributed by atoms with Crippen molar-refractivity contribution in [3.05, 3.63) is 54.6 Å². The molecule has 2 aromatic rings. The highest BCUT2D eigenvalue weighted by Gasteiger charge is 2.43. The zero-order valence-corrected chi connectivity index (χ0v) is 17.4. The van der Waals surface area contributed by atoms with Crippen LogP contribution < -0.4 is 10.2 Å². The lowest BCUT2D eigenvalue weighted by Crippen LogP contribution is -2.56. The fourth-order valence-electron chi connectivity index (χ4n) is 5.55. The smallest absolute Gasteiger partial charge is 0.318 e. The molecule has 3 aliphatic heterocycles. The van der Waals surface area contributed by atoms with Gasteiger partial charge in [-0.2, -0.15) is 0 Å². The first-order chi connectivity index (χ1) is 14.7. The van der Waals surface area contributed by atoms with E-state index in [1.54, 1.807) is 0 Å². The Morgan fingerprint density at radius 3 is 2.27 bits per heavy atom. The summed E-state index contributed by atoms with van der Waals surface area (Å²) < 4.78 is 0. The van der Waals surface area contributed by atoms with Gasteiger partial charge in [-0.25, -0.2) is 4.79 Å². The number of aliphatic hydroxyl groups excluding tert-OH is 1. The van der Waals surface area contributed by atoms with E-state index in [-0.39, 0.29) is 30.3 Å². The van der Waals surface area contributed by atoms with Crippen molar-refractivity contribution in [2.75, 3.05) is 18.0 Å². The Balaban J connectivity index is 1.21. The molecule has 158 valence electrons. The van der Waals surface area contributed by atoms with E-state index >= 15 is 0 Å². The maximum absolute atomic E-state index is 13.0. The topological polar surface area (TPSA) is 55.8 Å². The standard InChI is InChI=1S/C25H31N3O2/c29-24-15-22-12-13-23(16-24)28(22)25(30)26-20-7-4-14-27(17-20)21-10-8-19(9-11-21)18-5-2-1-3-6-18/h1-3,5-6,8-11,20,22-24,29H,4,7,12-17H2,(H,26,30)/t20-,22-,23+,24+/m0/s1. The number of carbonyl (C=O) groups excluding carboxylic acids is 1. The van der Waals surface area contributed by atoms with Crippen LogP contribution in [0.25, 0.3) is 11.1 Å². The van der Waals surface area contributed by atoms with E-state index < -0.39 is 0 Å². The molecule has 2 N–H and O–H groups in total. The first-order valence-electron chi connectivity index (χ1n) is 11.3. The Morgan fingerprint density at radius 1 is 0.900 bits per heavy atom. The minimum absolute atomic E-state index is 0.0701. The molecule has 2 amide bonds. The van der Waals surface area contributed by atoms with Gasteiger partial charge in [-0.15, -0.1) is 0 Å². The summed E-state index contributed by atoms with van der Waals surface area (Å²) in [6.07, 6.45) is 5.38. The number of rotatable bonds is 3. The third-order valence-electron chi connectivity index (χ3n) is 7.03. The van der Waals surface area contributed by atoms with Gasteiger partial charge < -0.3 is 20.2 Å². The maximum Gasteiger partial charge on any atom is 0.318 e. The number of hydrogen-bond donors (Lipinski definition) is 2. The van der Waals surface area contributed by atoms with Crippen molar-refractivity contribution < 1.29 is 9.90 Å². The molecule has 0 aromatic heterocycles. The Morgan fingerprint density at radius 2 is 1.57 bits per heavy atom. The normalized spacial score (nSPS) is 28.4. The number of fused-ring (bicyclic) bond motifs is 2. The second-order valence-corrected chi connectivity index (χ2v) is 9.07. The molecule has 2 aromatic carbocycles. The number of aliphatic hydroxyl groups is 1. The van der Waals surface area contributed by atoms with Gasteiger partial charge in [0.15, 0.2) is 0 Å². The Hall–Kier alpha value is -2.53. The van der Waals surface area contributed by atoms with Crippen LogP contribution in [-0.4, -0.2) is 53.4 Å². The molecule has 2 bridgehead atoms. The summed E-state index contributed by atoms with van der Waals surface area (Å²) in [6, 6.07) is 19.9. The number of piperidine rings is 2. The molecule has 3 aliphatic rings. The van der Waals surface area contributed by atoms with Crippen LogP contribution in [0.15, 0.2) is 54.6 Å². The molecule has 4 atom stereocenters. The van der Waals surface area contributed by atoms with Crippen molar-refractivity contribution in [1.29, 1.82) is 0 Å². The summed E-state index contributed by atoms with van der Waals surface area (Å²) in [4.78, 5) is 17.4. The number of nitrogens with zero attached hydrogens (tertiary/aromatic N) is 2. The van der Waals surface area contributed by atoms with Crippen molar-refractivity contribution in [2.24, 2.45) is 0 Å². The fourth-order valence-corrected chi connectivity index (χ4v) is 5.55. The Kier molecular flexibility index (Phi) is 5.38. The summed E-state index contributed by atoms with van der Waals surface area (Å²) in [7, 11) is 0. The van der Waals surface area contributed by atoms with Crippen LogP contribution >= 0.6 is 0 Å². The summed E-state index contributed by atoms with van der Waals surface area (Å²) in [5.41, 5.74) is 3.67. The second-order valence-electron chi connectivity index (χ2n) is 9.07. The van der Waals surface area contributed by atoms with Gasteiger partial charge in [0.05, 0.1) is 6.10 Å². The zero-order chi connectivity index (χ0) is 20.5. The van der Waals surface area contributed by atoms with Gasteiger partial charge in [0, 0.05) is 36.9 Å². The van der Waals surface area contributed by atoms with Gasteiger partial charge in [-0.1, -0.05) is 42.5 Å². The summed E-state index contributed by atoms with van der Waals surface area (Å²) in [5, 5.41) is 13.3. The third-order valence-corrected chi connectivity index (χ3v) is 7.03. The quantitative estimate of drug-likeness (QED) is 0.811. The van der Waals surface area contributed by atoms with E-state index in [1.807, 2.05) is 11.0 Å². The molecule has 30 heavy (non-hydrogen) atoms. The summed E-state index contributed by atoms with van der Waals surface area (Å²) >= 11 is 0. The Bertz CT molecular complexity index is 856. The predicted octanol–water partition coefficient (Wildman–Crippen LogP) is 4.02. The molecule has 3 saturated heterocycles. The molecule has 0 saturated carbocycles. The fraction of sp³-hybridized carbons (Fsp3) is 0.480. The molecular formula is C25H31N3O2. The minimum atomic E-state index is -0.240. The number of urea groups is 1. The molecule has 0 unspecified atom stereocenters. The lowest BCUT2D eigenvalue weighted by molar-refractivity contribution is 0.0533. The largest absolute Gasteiger partial charge is 0.393 e. The van der Waals surface area contributed by atoms with Gasteiger partial charge in [-0.05, 0) is 61.8 Å². The van der Waals surface area contributed by atoms with Crippen LogP contribution in [0.1, 0.15) is 38.5 Å². The summed E-state index contributed by atoms with van der Waals surface area (Å²) in [6.45, 7) is 1.88.